The number of aromatic nitrogens is 2. The van der Waals surface area contributed by atoms with E-state index in [1.807, 2.05) is 25.1 Å². The van der Waals surface area contributed by atoms with Crippen LogP contribution in [0.4, 0.5) is 11.4 Å². The molecule has 1 aromatic heterocycles. The molecule has 1 aromatic carbocycles. The van der Waals surface area contributed by atoms with Gasteiger partial charge in [-0.1, -0.05) is 0 Å². The maximum absolute atomic E-state index is 12.3. The predicted molar refractivity (Wildman–Crippen MR) is 109 cm³/mol. The summed E-state index contributed by atoms with van der Waals surface area (Å²) < 4.78 is 7.68. The molecule has 0 atom stereocenters. The highest BCUT2D eigenvalue weighted by molar-refractivity contribution is 6.02. The van der Waals surface area contributed by atoms with Crippen LogP contribution in [0, 0.1) is 6.92 Å². The Hall–Kier alpha value is -3.13. The Morgan fingerprint density at radius 2 is 1.89 bits per heavy atom. The number of hydrogen-bond donors (Lipinski definition) is 1. The molecule has 0 bridgehead atoms. The van der Waals surface area contributed by atoms with Crippen molar-refractivity contribution in [2.24, 2.45) is 14.1 Å². The molecule has 1 N–H and O–H groups in total. The number of benzene rings is 1. The molecule has 2 heterocycles. The summed E-state index contributed by atoms with van der Waals surface area (Å²) in [5, 5.41) is 2.82. The van der Waals surface area contributed by atoms with Crippen LogP contribution in [0.15, 0.2) is 40.1 Å². The van der Waals surface area contributed by atoms with Crippen LogP contribution in [0.25, 0.3) is 6.08 Å². The smallest absolute Gasteiger partial charge is 0.330 e. The summed E-state index contributed by atoms with van der Waals surface area (Å²) >= 11 is 0. The van der Waals surface area contributed by atoms with E-state index in [-0.39, 0.29) is 11.5 Å². The Morgan fingerprint density at radius 1 is 1.18 bits per heavy atom. The largest absolute Gasteiger partial charge is 0.378 e. The molecule has 3 rings (SSSR count). The second kappa shape index (κ2) is 8.26. The standard InChI is InChI=1S/C20H24N4O4/c1-14-12-16(24-8-10-28-11-9-24)5-6-17(14)21-18(25)7-4-15-13-22(2)20(27)23(3)19(15)26/h4-7,12-13H,8-11H2,1-3H3,(H,21,25)/b7-4+. The van der Waals surface area contributed by atoms with Crippen molar-refractivity contribution in [2.75, 3.05) is 36.5 Å². The third-order valence-corrected chi connectivity index (χ3v) is 4.73. The number of carbonyl (C=O) groups excluding carboxylic acids is 1. The average Bonchev–Trinajstić information content (AvgIpc) is 2.70. The van der Waals surface area contributed by atoms with Crippen molar-refractivity contribution < 1.29 is 9.53 Å². The number of nitrogens with zero attached hydrogens (tertiary/aromatic N) is 3. The van der Waals surface area contributed by atoms with Gasteiger partial charge in [0.1, 0.15) is 0 Å². The summed E-state index contributed by atoms with van der Waals surface area (Å²) in [5.74, 6) is -0.349. The van der Waals surface area contributed by atoms with Crippen LogP contribution in [0.1, 0.15) is 11.1 Å². The van der Waals surface area contributed by atoms with Gasteiger partial charge >= 0.3 is 5.69 Å². The van der Waals surface area contributed by atoms with Gasteiger partial charge in [-0.05, 0) is 36.8 Å². The number of amides is 1. The van der Waals surface area contributed by atoms with E-state index >= 15 is 0 Å². The summed E-state index contributed by atoms with van der Waals surface area (Å²) in [5.41, 5.74) is 2.16. The van der Waals surface area contributed by atoms with Gasteiger partial charge in [-0.3, -0.25) is 14.2 Å². The van der Waals surface area contributed by atoms with E-state index in [1.165, 1.54) is 30.0 Å². The SMILES string of the molecule is Cc1cc(N2CCOCC2)ccc1NC(=O)/C=C/c1cn(C)c(=O)n(C)c1=O. The predicted octanol–water partition coefficient (Wildman–Crippen LogP) is 0.881. The Kier molecular flexibility index (Phi) is 5.79. The highest BCUT2D eigenvalue weighted by Gasteiger charge is 2.12. The van der Waals surface area contributed by atoms with Gasteiger partial charge in [0, 0.05) is 50.8 Å². The molecule has 1 fully saturated rings. The molecular weight excluding hydrogens is 360 g/mol. The third kappa shape index (κ3) is 4.23. The van der Waals surface area contributed by atoms with Gasteiger partial charge in [-0.15, -0.1) is 0 Å². The van der Waals surface area contributed by atoms with Crippen LogP contribution < -0.4 is 21.5 Å². The quantitative estimate of drug-likeness (QED) is 0.791. The number of aryl methyl sites for hydroxylation is 2. The van der Waals surface area contributed by atoms with Crippen molar-refractivity contribution in [3.63, 3.8) is 0 Å². The number of morpholine rings is 1. The zero-order valence-electron chi connectivity index (χ0n) is 16.3. The van der Waals surface area contributed by atoms with Crippen LogP contribution in [0.5, 0.6) is 0 Å². The Morgan fingerprint density at radius 3 is 2.57 bits per heavy atom. The lowest BCUT2D eigenvalue weighted by Crippen LogP contribution is -2.37. The molecule has 8 nitrogen and oxygen atoms in total. The number of anilines is 2. The van der Waals surface area contributed by atoms with E-state index in [4.69, 9.17) is 4.74 Å². The fraction of sp³-hybridized carbons (Fsp3) is 0.350. The van der Waals surface area contributed by atoms with Gasteiger partial charge in [0.05, 0.1) is 18.8 Å². The highest BCUT2D eigenvalue weighted by Crippen LogP contribution is 2.23. The molecule has 8 heteroatoms. The van der Waals surface area contributed by atoms with E-state index in [2.05, 4.69) is 10.2 Å². The Bertz CT molecular complexity index is 1030. The lowest BCUT2D eigenvalue weighted by molar-refractivity contribution is -0.111. The molecule has 2 aromatic rings. The molecule has 1 aliphatic rings. The highest BCUT2D eigenvalue weighted by atomic mass is 16.5. The zero-order valence-corrected chi connectivity index (χ0v) is 16.3. The fourth-order valence-corrected chi connectivity index (χ4v) is 3.10. The summed E-state index contributed by atoms with van der Waals surface area (Å²) in [6.45, 7) is 5.07. The van der Waals surface area contributed by atoms with Crippen molar-refractivity contribution in [3.05, 3.63) is 62.4 Å². The number of nitrogens with one attached hydrogen (secondary N) is 1. The van der Waals surface area contributed by atoms with E-state index in [0.717, 1.165) is 28.9 Å². The van der Waals surface area contributed by atoms with Gasteiger partial charge in [-0.25, -0.2) is 4.79 Å². The second-order valence-corrected chi connectivity index (χ2v) is 6.76. The van der Waals surface area contributed by atoms with Crippen molar-refractivity contribution in [1.29, 1.82) is 0 Å². The summed E-state index contributed by atoms with van der Waals surface area (Å²) in [4.78, 5) is 38.3. The maximum atomic E-state index is 12.3. The van der Waals surface area contributed by atoms with Gasteiger partial charge in [0.2, 0.25) is 5.91 Å². The summed E-state index contributed by atoms with van der Waals surface area (Å²) in [6.07, 6.45) is 4.11. The molecule has 0 aliphatic carbocycles. The minimum Gasteiger partial charge on any atom is -0.378 e. The number of carbonyl (C=O) groups is 1. The molecule has 28 heavy (non-hydrogen) atoms. The molecule has 0 radical (unpaired) electrons. The second-order valence-electron chi connectivity index (χ2n) is 6.76. The lowest BCUT2D eigenvalue weighted by Gasteiger charge is -2.29. The molecule has 148 valence electrons. The summed E-state index contributed by atoms with van der Waals surface area (Å²) in [7, 11) is 2.96. The monoisotopic (exact) mass is 384 g/mol. The third-order valence-electron chi connectivity index (χ3n) is 4.73. The molecule has 1 saturated heterocycles. The first kappa shape index (κ1) is 19.6. The van der Waals surface area contributed by atoms with Crippen molar-refractivity contribution in [2.45, 2.75) is 6.92 Å². The van der Waals surface area contributed by atoms with Gasteiger partial charge in [0.25, 0.3) is 5.56 Å². The van der Waals surface area contributed by atoms with E-state index < -0.39 is 11.2 Å². The number of rotatable bonds is 4. The first-order chi connectivity index (χ1) is 13.4. The van der Waals surface area contributed by atoms with Gasteiger partial charge in [0.15, 0.2) is 0 Å². The zero-order chi connectivity index (χ0) is 20.3. The maximum Gasteiger partial charge on any atom is 0.330 e. The van der Waals surface area contributed by atoms with Crippen LogP contribution in [-0.2, 0) is 23.6 Å². The molecular formula is C20H24N4O4. The fourth-order valence-electron chi connectivity index (χ4n) is 3.10. The first-order valence-corrected chi connectivity index (χ1v) is 9.06. The minimum atomic E-state index is -0.446. The summed E-state index contributed by atoms with van der Waals surface area (Å²) in [6, 6.07) is 5.88. The first-order valence-electron chi connectivity index (χ1n) is 9.06. The van der Waals surface area contributed by atoms with Crippen LogP contribution in [-0.4, -0.2) is 41.3 Å². The van der Waals surface area contributed by atoms with Crippen LogP contribution in [0.3, 0.4) is 0 Å². The van der Waals surface area contributed by atoms with Crippen molar-refractivity contribution in [1.82, 2.24) is 9.13 Å². The Balaban J connectivity index is 1.72. The van der Waals surface area contributed by atoms with Gasteiger partial charge < -0.3 is 19.5 Å². The normalized spacial score (nSPS) is 14.5. The molecule has 1 amide bonds. The van der Waals surface area contributed by atoms with Crippen LogP contribution >= 0.6 is 0 Å². The van der Waals surface area contributed by atoms with E-state index in [1.54, 1.807) is 7.05 Å². The molecule has 0 saturated carbocycles. The lowest BCUT2D eigenvalue weighted by atomic mass is 10.1. The number of ether oxygens (including phenoxy) is 1. The van der Waals surface area contributed by atoms with Crippen molar-refractivity contribution >= 4 is 23.4 Å². The van der Waals surface area contributed by atoms with Crippen molar-refractivity contribution in [3.8, 4) is 0 Å². The average molecular weight is 384 g/mol. The van der Waals surface area contributed by atoms with Gasteiger partial charge in [-0.2, -0.15) is 0 Å². The minimum absolute atomic E-state index is 0.263. The molecule has 0 unspecified atom stereocenters. The number of hydrogen-bond acceptors (Lipinski definition) is 5. The van der Waals surface area contributed by atoms with E-state index in [9.17, 15) is 14.4 Å². The Labute approximate surface area is 162 Å². The van der Waals surface area contributed by atoms with E-state index in [0.29, 0.717) is 18.9 Å². The topological polar surface area (TPSA) is 85.6 Å². The molecule has 1 aliphatic heterocycles. The van der Waals surface area contributed by atoms with Crippen LogP contribution in [0.2, 0.25) is 0 Å². The molecule has 0 spiro atoms.